The topological polar surface area (TPSA) is 3.24 Å². The molecule has 54 heavy (non-hydrogen) atoms. The smallest absolute Gasteiger partial charge is 0.0468 e. The SMILES string of the molecule is CC1(C)c2cccc(-c3ccc4c(c3)sc3ccc(N(c5ccc(-c6ccccc6)cc5)c5ccc6ccccc6c5)cc34)c2-c2sc3ccccc3c21. The van der Waals surface area contributed by atoms with E-state index >= 15 is 0 Å². The van der Waals surface area contributed by atoms with Gasteiger partial charge in [-0.2, -0.15) is 0 Å². The first-order chi connectivity index (χ1) is 26.5. The van der Waals surface area contributed by atoms with Gasteiger partial charge >= 0.3 is 0 Å². The van der Waals surface area contributed by atoms with E-state index < -0.39 is 0 Å². The van der Waals surface area contributed by atoms with Crippen LogP contribution in [0.25, 0.3) is 73.7 Å². The summed E-state index contributed by atoms with van der Waals surface area (Å²) >= 11 is 3.84. The summed E-state index contributed by atoms with van der Waals surface area (Å²) in [5, 5.41) is 6.46. The van der Waals surface area contributed by atoms with Gasteiger partial charge in [0.25, 0.3) is 0 Å². The lowest BCUT2D eigenvalue weighted by Crippen LogP contribution is -2.14. The van der Waals surface area contributed by atoms with Crippen molar-refractivity contribution in [3.8, 4) is 32.7 Å². The maximum Gasteiger partial charge on any atom is 0.0468 e. The van der Waals surface area contributed by atoms with E-state index in [0.29, 0.717) is 0 Å². The molecule has 256 valence electrons. The summed E-state index contributed by atoms with van der Waals surface area (Å²) < 4.78 is 3.99. The number of fused-ring (bicyclic) bond motifs is 9. The maximum absolute atomic E-state index is 2.43. The number of hydrogen-bond donors (Lipinski definition) is 0. The summed E-state index contributed by atoms with van der Waals surface area (Å²) in [6.07, 6.45) is 0. The standard InChI is InChI=1S/C51H35NS2/c1-51(2)44-17-10-16-40(48(44)50-49(51)42-15-8-9-18-45(42)54-50)36-22-27-41-43-31-39(26-28-46(43)53-47(41)30-36)52(38-25-21-33-13-6-7-14-35(33)29-38)37-23-19-34(20-24-37)32-11-4-3-5-12-32/h3-31H,1-2H3. The van der Waals surface area contributed by atoms with Crippen LogP contribution in [0.15, 0.2) is 176 Å². The Labute approximate surface area is 323 Å². The molecule has 8 aromatic carbocycles. The summed E-state index contributed by atoms with van der Waals surface area (Å²) in [7, 11) is 0. The average Bonchev–Trinajstić information content (AvgIpc) is 3.86. The summed E-state index contributed by atoms with van der Waals surface area (Å²) in [5.41, 5.74) is 12.7. The molecule has 10 aromatic rings. The molecule has 0 saturated carbocycles. The van der Waals surface area contributed by atoms with Crippen molar-refractivity contribution >= 4 is 80.8 Å². The fourth-order valence-corrected chi connectivity index (χ4v) is 11.4. The summed E-state index contributed by atoms with van der Waals surface area (Å²) in [4.78, 5) is 3.83. The predicted octanol–water partition coefficient (Wildman–Crippen LogP) is 15.5. The van der Waals surface area contributed by atoms with Crippen LogP contribution in [0.2, 0.25) is 0 Å². The van der Waals surface area contributed by atoms with Crippen LogP contribution in [0, 0.1) is 0 Å². The van der Waals surface area contributed by atoms with Crippen molar-refractivity contribution in [1.29, 1.82) is 0 Å². The highest BCUT2D eigenvalue weighted by Crippen LogP contribution is 2.58. The minimum absolute atomic E-state index is 0.0445. The second-order valence-electron chi connectivity index (χ2n) is 14.9. The molecular formula is C51H35NS2. The third kappa shape index (κ3) is 4.82. The summed E-state index contributed by atoms with van der Waals surface area (Å²) in [5.74, 6) is 0. The van der Waals surface area contributed by atoms with Gasteiger partial charge in [-0.3, -0.25) is 0 Å². The maximum atomic E-state index is 2.43. The van der Waals surface area contributed by atoms with E-state index in [9.17, 15) is 0 Å². The Balaban J connectivity index is 1.04. The molecule has 2 heterocycles. The minimum Gasteiger partial charge on any atom is -0.310 e. The quantitative estimate of drug-likeness (QED) is 0.171. The van der Waals surface area contributed by atoms with E-state index in [1.54, 1.807) is 0 Å². The Morgan fingerprint density at radius 1 is 0.426 bits per heavy atom. The molecule has 0 bridgehead atoms. The Bertz CT molecular complexity index is 3070. The Morgan fingerprint density at radius 2 is 1.11 bits per heavy atom. The van der Waals surface area contributed by atoms with Crippen molar-refractivity contribution in [3.05, 3.63) is 187 Å². The zero-order valence-corrected chi connectivity index (χ0v) is 31.6. The molecule has 0 N–H and O–H groups in total. The largest absolute Gasteiger partial charge is 0.310 e. The highest BCUT2D eigenvalue weighted by Gasteiger charge is 2.40. The molecule has 0 atom stereocenters. The van der Waals surface area contributed by atoms with Crippen LogP contribution in [0.3, 0.4) is 0 Å². The average molecular weight is 726 g/mol. The lowest BCUT2D eigenvalue weighted by atomic mass is 9.81. The van der Waals surface area contributed by atoms with Crippen molar-refractivity contribution in [1.82, 2.24) is 0 Å². The van der Waals surface area contributed by atoms with E-state index in [4.69, 9.17) is 0 Å². The normalized spacial score (nSPS) is 13.1. The molecule has 0 amide bonds. The Morgan fingerprint density at radius 3 is 1.98 bits per heavy atom. The van der Waals surface area contributed by atoms with E-state index in [0.717, 1.165) is 17.1 Å². The Hall–Kier alpha value is -6.00. The van der Waals surface area contributed by atoms with Gasteiger partial charge in [0.1, 0.15) is 0 Å². The zero-order chi connectivity index (χ0) is 36.0. The van der Waals surface area contributed by atoms with Gasteiger partial charge in [0, 0.05) is 57.8 Å². The number of thiophene rings is 2. The van der Waals surface area contributed by atoms with Gasteiger partial charge in [0.05, 0.1) is 0 Å². The van der Waals surface area contributed by atoms with Gasteiger partial charge in [-0.25, -0.2) is 0 Å². The summed E-state index contributed by atoms with van der Waals surface area (Å²) in [6, 6.07) is 64.9. The molecule has 11 rings (SSSR count). The zero-order valence-electron chi connectivity index (χ0n) is 30.0. The van der Waals surface area contributed by atoms with Crippen molar-refractivity contribution in [2.75, 3.05) is 4.90 Å². The summed E-state index contributed by atoms with van der Waals surface area (Å²) in [6.45, 7) is 4.79. The van der Waals surface area contributed by atoms with E-state index in [-0.39, 0.29) is 5.41 Å². The lowest BCUT2D eigenvalue weighted by Gasteiger charge is -2.26. The fraction of sp³-hybridized carbons (Fsp3) is 0.0588. The first-order valence-electron chi connectivity index (χ1n) is 18.6. The monoisotopic (exact) mass is 725 g/mol. The first kappa shape index (κ1) is 31.5. The van der Waals surface area contributed by atoms with Crippen LogP contribution < -0.4 is 4.90 Å². The van der Waals surface area contributed by atoms with Gasteiger partial charge in [0.2, 0.25) is 0 Å². The molecule has 0 radical (unpaired) electrons. The van der Waals surface area contributed by atoms with E-state index in [1.165, 1.54) is 84.9 Å². The number of nitrogens with zero attached hydrogens (tertiary/aromatic N) is 1. The second-order valence-corrected chi connectivity index (χ2v) is 17.1. The molecule has 0 saturated heterocycles. The highest BCUT2D eigenvalue weighted by atomic mass is 32.1. The molecule has 0 fully saturated rings. The first-order valence-corrected chi connectivity index (χ1v) is 20.2. The number of benzene rings is 8. The van der Waals surface area contributed by atoms with Crippen LogP contribution in [0.5, 0.6) is 0 Å². The van der Waals surface area contributed by atoms with Crippen LogP contribution in [-0.2, 0) is 5.41 Å². The van der Waals surface area contributed by atoms with Crippen LogP contribution in [-0.4, -0.2) is 0 Å². The van der Waals surface area contributed by atoms with Crippen molar-refractivity contribution in [2.24, 2.45) is 0 Å². The molecule has 0 unspecified atom stereocenters. The molecule has 1 aliphatic carbocycles. The molecule has 1 nitrogen and oxygen atoms in total. The third-order valence-electron chi connectivity index (χ3n) is 11.4. The minimum atomic E-state index is -0.0445. The van der Waals surface area contributed by atoms with Gasteiger partial charge < -0.3 is 4.90 Å². The van der Waals surface area contributed by atoms with Crippen molar-refractivity contribution in [3.63, 3.8) is 0 Å². The van der Waals surface area contributed by atoms with Crippen molar-refractivity contribution < 1.29 is 0 Å². The molecule has 2 aromatic heterocycles. The number of rotatable bonds is 5. The Kier molecular flexibility index (Phi) is 7.01. The van der Waals surface area contributed by atoms with Gasteiger partial charge in [-0.05, 0) is 104 Å². The highest BCUT2D eigenvalue weighted by molar-refractivity contribution is 7.25. The van der Waals surface area contributed by atoms with Crippen LogP contribution in [0.1, 0.15) is 25.0 Å². The molecule has 0 spiro atoms. The number of anilines is 3. The molecule has 1 aliphatic rings. The molecular weight excluding hydrogens is 691 g/mol. The third-order valence-corrected chi connectivity index (χ3v) is 13.8. The van der Waals surface area contributed by atoms with Crippen LogP contribution >= 0.6 is 22.7 Å². The second kappa shape index (κ2) is 12.0. The lowest BCUT2D eigenvalue weighted by molar-refractivity contribution is 0.667. The molecule has 3 heteroatoms. The van der Waals surface area contributed by atoms with Crippen LogP contribution in [0.4, 0.5) is 17.1 Å². The van der Waals surface area contributed by atoms with Gasteiger partial charge in [-0.15, -0.1) is 22.7 Å². The van der Waals surface area contributed by atoms with E-state index in [1.807, 2.05) is 22.7 Å². The van der Waals surface area contributed by atoms with Gasteiger partial charge in [-0.1, -0.05) is 135 Å². The fourth-order valence-electron chi connectivity index (χ4n) is 8.80. The van der Waals surface area contributed by atoms with E-state index in [2.05, 4.69) is 195 Å². The number of hydrogen-bond acceptors (Lipinski definition) is 3. The molecule has 0 aliphatic heterocycles. The van der Waals surface area contributed by atoms with Crippen molar-refractivity contribution in [2.45, 2.75) is 19.3 Å². The predicted molar refractivity (Wildman–Crippen MR) is 235 cm³/mol. The van der Waals surface area contributed by atoms with Gasteiger partial charge in [0.15, 0.2) is 0 Å².